The zero-order chi connectivity index (χ0) is 26.5. The maximum atomic E-state index is 12.0. The third-order valence-corrected chi connectivity index (χ3v) is 6.59. The van der Waals surface area contributed by atoms with Gasteiger partial charge in [0, 0.05) is 32.4 Å². The maximum Gasteiger partial charge on any atom is 0.306 e. The molecule has 1 aliphatic rings. The van der Waals surface area contributed by atoms with Crippen LogP contribution >= 0.6 is 0 Å². The average Bonchev–Trinajstić information content (AvgIpc) is 3.58. The van der Waals surface area contributed by atoms with Crippen molar-refractivity contribution in [1.82, 2.24) is 40.0 Å². The third-order valence-electron chi connectivity index (χ3n) is 6.59. The lowest BCUT2D eigenvalue weighted by molar-refractivity contribution is -0.144. The van der Waals surface area contributed by atoms with E-state index in [4.69, 9.17) is 14.5 Å². The molecule has 12 heteroatoms. The summed E-state index contributed by atoms with van der Waals surface area (Å²) < 4.78 is 12.8. The fourth-order valence-corrected chi connectivity index (χ4v) is 4.76. The van der Waals surface area contributed by atoms with E-state index in [2.05, 4.69) is 36.5 Å². The predicted octanol–water partition coefficient (Wildman–Crippen LogP) is 2.91. The van der Waals surface area contributed by atoms with E-state index in [0.29, 0.717) is 24.6 Å². The van der Waals surface area contributed by atoms with Crippen molar-refractivity contribution in [3.8, 4) is 23.0 Å². The molecule has 0 spiro atoms. The van der Waals surface area contributed by atoms with Crippen molar-refractivity contribution in [2.24, 2.45) is 13.0 Å². The number of nitrogens with zero attached hydrogens (tertiary/aromatic N) is 9. The van der Waals surface area contributed by atoms with Crippen LogP contribution in [0.5, 0.6) is 5.88 Å². The van der Waals surface area contributed by atoms with E-state index in [1.54, 1.807) is 35.4 Å². The highest BCUT2D eigenvalue weighted by Gasteiger charge is 2.25. The number of aryl methyl sites for hydroxylation is 2. The van der Waals surface area contributed by atoms with Crippen LogP contribution in [0, 0.1) is 12.8 Å². The summed E-state index contributed by atoms with van der Waals surface area (Å²) in [7, 11) is 1.82. The fourth-order valence-electron chi connectivity index (χ4n) is 4.76. The van der Waals surface area contributed by atoms with Crippen molar-refractivity contribution >= 4 is 11.7 Å². The quantitative estimate of drug-likeness (QED) is 0.306. The summed E-state index contributed by atoms with van der Waals surface area (Å²) in [5, 5.41) is 16.9. The summed E-state index contributed by atoms with van der Waals surface area (Å²) in [5.41, 5.74) is 4.88. The number of piperidine rings is 1. The van der Waals surface area contributed by atoms with E-state index in [-0.39, 0.29) is 18.5 Å². The molecule has 0 radical (unpaired) electrons. The van der Waals surface area contributed by atoms with Crippen LogP contribution in [0.2, 0.25) is 0 Å². The number of aromatic nitrogens is 8. The molecule has 4 aromatic rings. The van der Waals surface area contributed by atoms with Gasteiger partial charge >= 0.3 is 5.97 Å². The van der Waals surface area contributed by atoms with E-state index in [9.17, 15) is 4.79 Å². The first-order valence-electron chi connectivity index (χ1n) is 12.7. The lowest BCUT2D eigenvalue weighted by atomic mass is 9.94. The van der Waals surface area contributed by atoms with Gasteiger partial charge in [-0.25, -0.2) is 14.6 Å². The molecule has 0 aliphatic carbocycles. The Morgan fingerprint density at radius 2 is 2.00 bits per heavy atom. The van der Waals surface area contributed by atoms with Crippen LogP contribution in [-0.2, 0) is 23.2 Å². The van der Waals surface area contributed by atoms with Crippen LogP contribution in [0.3, 0.4) is 0 Å². The van der Waals surface area contributed by atoms with Crippen LogP contribution in [-0.4, -0.2) is 65.6 Å². The number of carbonyl (C=O) groups excluding carboxylic acids is 1. The summed E-state index contributed by atoms with van der Waals surface area (Å²) in [4.78, 5) is 25.0. The van der Waals surface area contributed by atoms with Gasteiger partial charge in [0.2, 0.25) is 5.88 Å². The van der Waals surface area contributed by atoms with E-state index in [1.807, 2.05) is 27.0 Å². The van der Waals surface area contributed by atoms with Crippen molar-refractivity contribution in [1.29, 1.82) is 0 Å². The number of anilines is 1. The van der Waals surface area contributed by atoms with Crippen molar-refractivity contribution < 1.29 is 14.3 Å². The van der Waals surface area contributed by atoms with Gasteiger partial charge in [0.05, 0.1) is 48.2 Å². The summed E-state index contributed by atoms with van der Waals surface area (Å²) in [6.07, 6.45) is 7.39. The number of hydrogen-bond acceptors (Lipinski definition) is 10. The van der Waals surface area contributed by atoms with E-state index >= 15 is 0 Å². The third kappa shape index (κ3) is 5.63. The second-order valence-electron chi connectivity index (χ2n) is 9.23. The van der Waals surface area contributed by atoms with Gasteiger partial charge in [-0.1, -0.05) is 5.21 Å². The minimum atomic E-state index is -0.123. The second kappa shape index (κ2) is 11.4. The number of ether oxygens (including phenoxy) is 2. The molecule has 0 saturated carbocycles. The molecule has 5 rings (SSSR count). The molecule has 1 fully saturated rings. The minimum absolute atomic E-state index is 0.123. The van der Waals surface area contributed by atoms with Crippen LogP contribution in [0.25, 0.3) is 17.1 Å². The summed E-state index contributed by atoms with van der Waals surface area (Å²) >= 11 is 0. The molecule has 0 N–H and O–H groups in total. The Bertz CT molecular complexity index is 1390. The van der Waals surface area contributed by atoms with E-state index in [0.717, 1.165) is 54.4 Å². The lowest BCUT2D eigenvalue weighted by Gasteiger charge is -2.34. The number of pyridine rings is 2. The zero-order valence-electron chi connectivity index (χ0n) is 21.8. The van der Waals surface area contributed by atoms with Gasteiger partial charge in [0.15, 0.2) is 0 Å². The fraction of sp³-hybridized carbons (Fsp3) is 0.423. The topological polar surface area (TPSA) is 126 Å². The Kier molecular flexibility index (Phi) is 7.57. The van der Waals surface area contributed by atoms with Gasteiger partial charge in [0.25, 0.3) is 0 Å². The van der Waals surface area contributed by atoms with Crippen molar-refractivity contribution in [2.45, 2.75) is 39.7 Å². The van der Waals surface area contributed by atoms with Crippen molar-refractivity contribution in [3.63, 3.8) is 0 Å². The predicted molar refractivity (Wildman–Crippen MR) is 139 cm³/mol. The molecule has 0 bridgehead atoms. The number of esters is 1. The van der Waals surface area contributed by atoms with Crippen molar-refractivity contribution in [3.05, 3.63) is 54.2 Å². The first kappa shape index (κ1) is 25.3. The number of hydrogen-bond donors (Lipinski definition) is 0. The standard InChI is InChI=1S/C26H31N9O3/c1-4-37-25(36)14-19-6-5-13-34(16-19)22-8-7-21(30-18(22)2)26-23(33(3)32-31-26)17-38-24-15-20(9-10-27-24)35-28-11-12-29-35/h7-12,15,19H,4-6,13-14,16-17H2,1-3H3/t19-/m1/s1. The van der Waals surface area contributed by atoms with Gasteiger partial charge in [-0.15, -0.1) is 5.10 Å². The molecule has 4 aromatic heterocycles. The zero-order valence-corrected chi connectivity index (χ0v) is 21.8. The van der Waals surface area contributed by atoms with E-state index < -0.39 is 0 Å². The van der Waals surface area contributed by atoms with Gasteiger partial charge in [-0.2, -0.15) is 15.0 Å². The lowest BCUT2D eigenvalue weighted by Crippen LogP contribution is -2.37. The van der Waals surface area contributed by atoms with Gasteiger partial charge in [-0.05, 0) is 50.8 Å². The van der Waals surface area contributed by atoms with Gasteiger partial charge < -0.3 is 14.4 Å². The highest BCUT2D eigenvalue weighted by Crippen LogP contribution is 2.30. The molecule has 5 heterocycles. The van der Waals surface area contributed by atoms with Crippen LogP contribution in [0.15, 0.2) is 42.9 Å². The monoisotopic (exact) mass is 517 g/mol. The maximum absolute atomic E-state index is 12.0. The molecule has 0 unspecified atom stereocenters. The summed E-state index contributed by atoms with van der Waals surface area (Å²) in [6.45, 7) is 6.22. The van der Waals surface area contributed by atoms with Crippen LogP contribution in [0.4, 0.5) is 5.69 Å². The Morgan fingerprint density at radius 1 is 1.16 bits per heavy atom. The molecule has 1 atom stereocenters. The first-order valence-corrected chi connectivity index (χ1v) is 12.7. The minimum Gasteiger partial charge on any atom is -0.471 e. The molecular weight excluding hydrogens is 486 g/mol. The van der Waals surface area contributed by atoms with Crippen molar-refractivity contribution in [2.75, 3.05) is 24.6 Å². The highest BCUT2D eigenvalue weighted by molar-refractivity contribution is 5.70. The highest BCUT2D eigenvalue weighted by atomic mass is 16.5. The Labute approximate surface area is 220 Å². The van der Waals surface area contributed by atoms with Crippen LogP contribution < -0.4 is 9.64 Å². The Balaban J connectivity index is 1.30. The largest absolute Gasteiger partial charge is 0.471 e. The molecule has 1 saturated heterocycles. The average molecular weight is 518 g/mol. The molecule has 198 valence electrons. The Morgan fingerprint density at radius 3 is 2.79 bits per heavy atom. The van der Waals surface area contributed by atoms with Crippen LogP contribution in [0.1, 0.15) is 37.6 Å². The van der Waals surface area contributed by atoms with Gasteiger partial charge in [0.1, 0.15) is 18.0 Å². The second-order valence-corrected chi connectivity index (χ2v) is 9.23. The number of rotatable bonds is 9. The first-order chi connectivity index (χ1) is 18.5. The molecular formula is C26H31N9O3. The SMILES string of the molecule is CCOC(=O)C[C@H]1CCCN(c2ccc(-c3nnn(C)c3COc3cc(-n4nccn4)ccn3)nc2C)C1. The smallest absolute Gasteiger partial charge is 0.306 e. The molecule has 1 aliphatic heterocycles. The molecule has 12 nitrogen and oxygen atoms in total. The molecule has 0 aromatic carbocycles. The number of carbonyl (C=O) groups is 1. The Hall–Kier alpha value is -4.35. The molecule has 0 amide bonds. The summed E-state index contributed by atoms with van der Waals surface area (Å²) in [5.74, 6) is 0.595. The normalized spacial score (nSPS) is 15.4. The van der Waals surface area contributed by atoms with Gasteiger partial charge in [-0.3, -0.25) is 4.79 Å². The summed E-state index contributed by atoms with van der Waals surface area (Å²) in [6, 6.07) is 7.62. The molecule has 38 heavy (non-hydrogen) atoms. The van der Waals surface area contributed by atoms with E-state index in [1.165, 1.54) is 4.80 Å².